The number of benzene rings is 2. The molecule has 0 unspecified atom stereocenters. The highest BCUT2D eigenvalue weighted by Gasteiger charge is 2.34. The molecule has 26 heavy (non-hydrogen) atoms. The fourth-order valence-corrected chi connectivity index (χ4v) is 3.01. The van der Waals surface area contributed by atoms with Crippen molar-refractivity contribution in [3.8, 4) is 0 Å². The Hall–Kier alpha value is -1.84. The number of halogens is 7. The van der Waals surface area contributed by atoms with Gasteiger partial charge in [-0.3, -0.25) is 10.1 Å². The second-order valence-corrected chi connectivity index (χ2v) is 6.48. The zero-order valence-electron chi connectivity index (χ0n) is 12.3. The Kier molecular flexibility index (Phi) is 6.15. The summed E-state index contributed by atoms with van der Waals surface area (Å²) in [4.78, 5) is 23.9. The van der Waals surface area contributed by atoms with E-state index < -0.39 is 39.7 Å². The Labute approximate surface area is 162 Å². The Balaban J connectivity index is 2.22. The topological polar surface area (TPSA) is 58.2 Å². The van der Waals surface area contributed by atoms with E-state index in [1.54, 1.807) is 0 Å². The molecule has 0 radical (unpaired) electrons. The predicted octanol–water partition coefficient (Wildman–Crippen LogP) is 5.88. The first-order valence-corrected chi connectivity index (χ1v) is 8.18. The highest BCUT2D eigenvalue weighted by molar-refractivity contribution is 9.10. The van der Waals surface area contributed by atoms with Gasteiger partial charge in [0, 0.05) is 4.47 Å². The van der Waals surface area contributed by atoms with Crippen LogP contribution in [0.25, 0.3) is 0 Å². The van der Waals surface area contributed by atoms with E-state index in [4.69, 9.17) is 23.2 Å². The van der Waals surface area contributed by atoms with Crippen LogP contribution >= 0.6 is 39.1 Å². The van der Waals surface area contributed by atoms with Crippen molar-refractivity contribution in [2.45, 2.75) is 6.18 Å². The molecule has 0 fully saturated rings. The minimum atomic E-state index is -4.78. The summed E-state index contributed by atoms with van der Waals surface area (Å²) in [5.74, 6) is -2.14. The smallest absolute Gasteiger partial charge is 0.305 e. The molecule has 0 saturated carbocycles. The van der Waals surface area contributed by atoms with Crippen LogP contribution in [0.15, 0.2) is 34.8 Å². The Morgan fingerprint density at radius 3 is 2.19 bits per heavy atom. The van der Waals surface area contributed by atoms with E-state index in [-0.39, 0.29) is 15.6 Å². The summed E-state index contributed by atoms with van der Waals surface area (Å²) >= 11 is 14.2. The molecule has 4 nitrogen and oxygen atoms in total. The second kappa shape index (κ2) is 7.81. The first-order chi connectivity index (χ1) is 12.0. The number of rotatable bonds is 2. The number of carbonyl (C=O) groups excluding carboxylic acids is 2. The summed E-state index contributed by atoms with van der Waals surface area (Å²) in [5, 5.41) is 3.56. The largest absolute Gasteiger partial charge is 0.417 e. The number of carbonyl (C=O) groups is 2. The molecule has 2 aromatic rings. The maximum Gasteiger partial charge on any atom is 0.417 e. The monoisotopic (exact) mass is 472 g/mol. The molecule has 2 aromatic carbocycles. The molecule has 11 heteroatoms. The number of imide groups is 1. The van der Waals surface area contributed by atoms with E-state index in [9.17, 15) is 27.2 Å². The number of amides is 3. The molecule has 0 atom stereocenters. The standard InChI is InChI=1S/C15H7BrCl2F4N2O2/c16-7-5-10(19)11(4-6(7)15(20,21)22)23-14(26)24-13(25)12-8(17)2-1-3-9(12)18/h1-5H,(H2,23,24,25,26). The molecule has 3 amide bonds. The number of hydrogen-bond donors (Lipinski definition) is 2. The molecule has 138 valence electrons. The SMILES string of the molecule is O=C(NC(=O)c1c(Cl)cccc1Cl)Nc1cc(C(F)(F)F)c(Br)cc1F. The van der Waals surface area contributed by atoms with Crippen molar-refractivity contribution in [3.63, 3.8) is 0 Å². The fraction of sp³-hybridized carbons (Fsp3) is 0.0667. The van der Waals surface area contributed by atoms with Crippen LogP contribution in [0.4, 0.5) is 28.0 Å². The van der Waals surface area contributed by atoms with Crippen LogP contribution in [0, 0.1) is 5.82 Å². The van der Waals surface area contributed by atoms with Gasteiger partial charge in [0.2, 0.25) is 0 Å². The van der Waals surface area contributed by atoms with Gasteiger partial charge in [0.1, 0.15) is 5.82 Å². The molecule has 0 aliphatic carbocycles. The maximum absolute atomic E-state index is 13.8. The average molecular weight is 474 g/mol. The van der Waals surface area contributed by atoms with Gasteiger partial charge < -0.3 is 5.32 Å². The fourth-order valence-electron chi connectivity index (χ4n) is 1.90. The van der Waals surface area contributed by atoms with Crippen molar-refractivity contribution < 1.29 is 27.2 Å². The van der Waals surface area contributed by atoms with Gasteiger partial charge in [0.25, 0.3) is 5.91 Å². The van der Waals surface area contributed by atoms with Crippen LogP contribution in [-0.4, -0.2) is 11.9 Å². The molecule has 0 heterocycles. The zero-order valence-corrected chi connectivity index (χ0v) is 15.4. The van der Waals surface area contributed by atoms with Gasteiger partial charge in [-0.15, -0.1) is 0 Å². The minimum Gasteiger partial charge on any atom is -0.305 e. The van der Waals surface area contributed by atoms with Gasteiger partial charge in [0.05, 0.1) is 26.9 Å². The molecular weight excluding hydrogens is 467 g/mol. The number of urea groups is 1. The second-order valence-electron chi connectivity index (χ2n) is 4.81. The van der Waals surface area contributed by atoms with Crippen molar-refractivity contribution in [3.05, 3.63) is 61.8 Å². The summed E-state index contributed by atoms with van der Waals surface area (Å²) in [6, 6.07) is 3.85. The first-order valence-electron chi connectivity index (χ1n) is 6.63. The van der Waals surface area contributed by atoms with E-state index >= 15 is 0 Å². The molecule has 0 aliphatic rings. The van der Waals surface area contributed by atoms with E-state index in [1.807, 2.05) is 10.6 Å². The summed E-state index contributed by atoms with van der Waals surface area (Å²) in [6.45, 7) is 0. The highest BCUT2D eigenvalue weighted by Crippen LogP contribution is 2.37. The highest BCUT2D eigenvalue weighted by atomic mass is 79.9. The summed E-state index contributed by atoms with van der Waals surface area (Å²) in [7, 11) is 0. The van der Waals surface area contributed by atoms with Crippen LogP contribution in [0.1, 0.15) is 15.9 Å². The van der Waals surface area contributed by atoms with Gasteiger partial charge in [0.15, 0.2) is 0 Å². The van der Waals surface area contributed by atoms with E-state index in [0.717, 1.165) is 0 Å². The van der Waals surface area contributed by atoms with Gasteiger partial charge in [-0.05, 0) is 24.3 Å². The average Bonchev–Trinajstić information content (AvgIpc) is 2.48. The van der Waals surface area contributed by atoms with Crippen molar-refractivity contribution >= 4 is 56.8 Å². The third-order valence-corrected chi connectivity index (χ3v) is 4.31. The van der Waals surface area contributed by atoms with Gasteiger partial charge >= 0.3 is 12.2 Å². The molecule has 2 rings (SSSR count). The third-order valence-electron chi connectivity index (χ3n) is 3.03. The number of alkyl halides is 3. The lowest BCUT2D eigenvalue weighted by atomic mass is 10.2. The van der Waals surface area contributed by atoms with Crippen LogP contribution in [0.3, 0.4) is 0 Å². The quantitative estimate of drug-likeness (QED) is 0.535. The number of anilines is 1. The van der Waals surface area contributed by atoms with Crippen molar-refractivity contribution in [2.75, 3.05) is 5.32 Å². The van der Waals surface area contributed by atoms with Crippen LogP contribution in [-0.2, 0) is 6.18 Å². The van der Waals surface area contributed by atoms with Crippen molar-refractivity contribution in [2.24, 2.45) is 0 Å². The van der Waals surface area contributed by atoms with Crippen molar-refractivity contribution in [1.29, 1.82) is 0 Å². The van der Waals surface area contributed by atoms with Gasteiger partial charge in [-0.2, -0.15) is 13.2 Å². The Morgan fingerprint density at radius 1 is 1.08 bits per heavy atom. The van der Waals surface area contributed by atoms with E-state index in [2.05, 4.69) is 15.9 Å². The lowest BCUT2D eigenvalue weighted by Gasteiger charge is -2.13. The van der Waals surface area contributed by atoms with Gasteiger partial charge in [-0.25, -0.2) is 9.18 Å². The molecule has 0 bridgehead atoms. The Bertz CT molecular complexity index is 870. The number of hydrogen-bond acceptors (Lipinski definition) is 2. The maximum atomic E-state index is 13.8. The third kappa shape index (κ3) is 4.66. The normalized spacial score (nSPS) is 11.2. The molecule has 0 spiro atoms. The van der Waals surface area contributed by atoms with E-state index in [0.29, 0.717) is 12.1 Å². The molecule has 0 aliphatic heterocycles. The summed E-state index contributed by atoms with van der Waals surface area (Å²) < 4.78 is 51.8. The zero-order chi connectivity index (χ0) is 19.6. The summed E-state index contributed by atoms with van der Waals surface area (Å²) in [5.41, 5.74) is -2.18. The van der Waals surface area contributed by atoms with E-state index in [1.165, 1.54) is 18.2 Å². The van der Waals surface area contributed by atoms with Crippen LogP contribution < -0.4 is 10.6 Å². The first kappa shape index (κ1) is 20.5. The van der Waals surface area contributed by atoms with Crippen LogP contribution in [0.5, 0.6) is 0 Å². The van der Waals surface area contributed by atoms with Crippen molar-refractivity contribution in [1.82, 2.24) is 5.32 Å². The minimum absolute atomic E-state index is 0.0445. The Morgan fingerprint density at radius 2 is 1.65 bits per heavy atom. The summed E-state index contributed by atoms with van der Waals surface area (Å²) in [6.07, 6.45) is -4.78. The molecule has 0 aromatic heterocycles. The lowest BCUT2D eigenvalue weighted by Crippen LogP contribution is -2.35. The number of nitrogens with one attached hydrogen (secondary N) is 2. The van der Waals surface area contributed by atoms with Crippen LogP contribution in [0.2, 0.25) is 10.0 Å². The van der Waals surface area contributed by atoms with Gasteiger partial charge in [-0.1, -0.05) is 45.2 Å². The molecule has 0 saturated heterocycles. The molecule has 2 N–H and O–H groups in total. The lowest BCUT2D eigenvalue weighted by molar-refractivity contribution is -0.138. The molecular formula is C15H7BrCl2F4N2O2. The predicted molar refractivity (Wildman–Crippen MR) is 92.0 cm³/mol.